The molecule has 1 fully saturated rings. The highest BCUT2D eigenvalue weighted by molar-refractivity contribution is 5.99. The first-order valence-corrected chi connectivity index (χ1v) is 10.1. The number of carbonyl (C=O) groups excluding carboxylic acids is 4. The van der Waals surface area contributed by atoms with Crippen LogP contribution in [0.3, 0.4) is 0 Å². The molecule has 0 spiro atoms. The standard InChI is InChI=1S/C22H21N3O8/c1-2-32-21(28)14-8-15(11-18(10-14)25(30)31)22(29)33-12-19(26)23-17-5-3-4-13(9-17)20(27)24-16-6-7-16/h3-5,8-11,16H,2,6-7,12H2,1H3,(H,23,26)(H,24,27). The Labute approximate surface area is 188 Å². The second-order valence-corrected chi connectivity index (χ2v) is 7.20. The Hall–Kier alpha value is -4.28. The fraction of sp³-hybridized carbons (Fsp3) is 0.273. The number of rotatable bonds is 9. The summed E-state index contributed by atoms with van der Waals surface area (Å²) in [4.78, 5) is 58.9. The van der Waals surface area contributed by atoms with Crippen molar-refractivity contribution in [1.82, 2.24) is 5.32 Å². The van der Waals surface area contributed by atoms with E-state index in [-0.39, 0.29) is 29.7 Å². The highest BCUT2D eigenvalue weighted by atomic mass is 16.6. The summed E-state index contributed by atoms with van der Waals surface area (Å²) in [5, 5.41) is 16.5. The number of hydrogen-bond donors (Lipinski definition) is 2. The molecule has 1 saturated carbocycles. The fourth-order valence-electron chi connectivity index (χ4n) is 2.81. The molecular weight excluding hydrogens is 434 g/mol. The molecule has 0 saturated heterocycles. The van der Waals surface area contributed by atoms with Gasteiger partial charge in [0, 0.05) is 29.4 Å². The van der Waals surface area contributed by atoms with Gasteiger partial charge in [-0.1, -0.05) is 6.07 Å². The molecule has 33 heavy (non-hydrogen) atoms. The van der Waals surface area contributed by atoms with Gasteiger partial charge < -0.3 is 20.1 Å². The fourth-order valence-corrected chi connectivity index (χ4v) is 2.81. The highest BCUT2D eigenvalue weighted by Gasteiger charge is 2.24. The summed E-state index contributed by atoms with van der Waals surface area (Å²) in [6, 6.07) is 9.46. The number of ether oxygens (including phenoxy) is 2. The van der Waals surface area contributed by atoms with Crippen molar-refractivity contribution in [2.24, 2.45) is 0 Å². The predicted molar refractivity (Wildman–Crippen MR) is 115 cm³/mol. The number of non-ortho nitro benzene ring substituents is 1. The topological polar surface area (TPSA) is 154 Å². The lowest BCUT2D eigenvalue weighted by Gasteiger charge is -2.09. The van der Waals surface area contributed by atoms with Crippen LogP contribution in [-0.4, -0.2) is 47.9 Å². The van der Waals surface area contributed by atoms with E-state index in [1.165, 1.54) is 6.07 Å². The Morgan fingerprint density at radius 2 is 1.67 bits per heavy atom. The van der Waals surface area contributed by atoms with E-state index in [0.29, 0.717) is 11.3 Å². The molecule has 0 aliphatic heterocycles. The maximum absolute atomic E-state index is 12.3. The van der Waals surface area contributed by atoms with E-state index < -0.39 is 35.1 Å². The summed E-state index contributed by atoms with van der Waals surface area (Å²) in [5.41, 5.74) is -0.264. The summed E-state index contributed by atoms with van der Waals surface area (Å²) >= 11 is 0. The van der Waals surface area contributed by atoms with Gasteiger partial charge in [-0.3, -0.25) is 19.7 Å². The van der Waals surface area contributed by atoms with Crippen LogP contribution in [0.25, 0.3) is 0 Å². The molecule has 11 nitrogen and oxygen atoms in total. The van der Waals surface area contributed by atoms with Gasteiger partial charge in [0.25, 0.3) is 17.5 Å². The molecule has 0 bridgehead atoms. The minimum absolute atomic E-state index is 0.0465. The average Bonchev–Trinajstić information content (AvgIpc) is 3.61. The molecule has 2 N–H and O–H groups in total. The average molecular weight is 455 g/mol. The van der Waals surface area contributed by atoms with Gasteiger partial charge in [-0.2, -0.15) is 0 Å². The number of anilines is 1. The number of nitrogens with zero attached hydrogens (tertiary/aromatic N) is 1. The maximum atomic E-state index is 12.3. The second kappa shape index (κ2) is 10.4. The van der Waals surface area contributed by atoms with E-state index in [0.717, 1.165) is 31.0 Å². The van der Waals surface area contributed by atoms with Crippen LogP contribution in [0.4, 0.5) is 11.4 Å². The van der Waals surface area contributed by atoms with Crippen LogP contribution in [0.1, 0.15) is 50.8 Å². The minimum atomic E-state index is -1.03. The monoisotopic (exact) mass is 455 g/mol. The number of amides is 2. The van der Waals surface area contributed by atoms with Crippen LogP contribution in [0.5, 0.6) is 0 Å². The van der Waals surface area contributed by atoms with Crippen molar-refractivity contribution in [2.45, 2.75) is 25.8 Å². The minimum Gasteiger partial charge on any atom is -0.462 e. The molecule has 2 aromatic carbocycles. The molecule has 172 valence electrons. The van der Waals surface area contributed by atoms with E-state index in [9.17, 15) is 29.3 Å². The number of hydrogen-bond acceptors (Lipinski definition) is 8. The van der Waals surface area contributed by atoms with Crippen LogP contribution in [0.15, 0.2) is 42.5 Å². The SMILES string of the molecule is CCOC(=O)c1cc(C(=O)OCC(=O)Nc2cccc(C(=O)NC3CC3)c2)cc([N+](=O)[O-])c1. The zero-order valence-electron chi connectivity index (χ0n) is 17.7. The summed E-state index contributed by atoms with van der Waals surface area (Å²) in [7, 11) is 0. The molecule has 0 atom stereocenters. The zero-order chi connectivity index (χ0) is 24.0. The van der Waals surface area contributed by atoms with Crippen LogP contribution in [-0.2, 0) is 14.3 Å². The maximum Gasteiger partial charge on any atom is 0.338 e. The summed E-state index contributed by atoms with van der Waals surface area (Å²) in [6.07, 6.45) is 1.89. The molecule has 0 aromatic heterocycles. The molecule has 1 aliphatic carbocycles. The number of esters is 2. The largest absolute Gasteiger partial charge is 0.462 e. The van der Waals surface area contributed by atoms with Crippen molar-refractivity contribution in [1.29, 1.82) is 0 Å². The van der Waals surface area contributed by atoms with Gasteiger partial charge >= 0.3 is 11.9 Å². The first-order chi connectivity index (χ1) is 15.8. The zero-order valence-corrected chi connectivity index (χ0v) is 17.7. The third-order valence-electron chi connectivity index (χ3n) is 4.53. The Morgan fingerprint density at radius 1 is 1.00 bits per heavy atom. The summed E-state index contributed by atoms with van der Waals surface area (Å²) < 4.78 is 9.73. The Kier molecular flexibility index (Phi) is 7.34. The van der Waals surface area contributed by atoms with Crippen molar-refractivity contribution in [3.8, 4) is 0 Å². The number of nitro benzene ring substituents is 1. The van der Waals surface area contributed by atoms with Crippen LogP contribution >= 0.6 is 0 Å². The lowest BCUT2D eigenvalue weighted by Crippen LogP contribution is -2.25. The molecule has 1 aliphatic rings. The molecule has 2 amide bonds. The van der Waals surface area contributed by atoms with Crippen LogP contribution in [0.2, 0.25) is 0 Å². The Balaban J connectivity index is 1.62. The van der Waals surface area contributed by atoms with Gasteiger partial charge in [-0.05, 0) is 44.0 Å². The van der Waals surface area contributed by atoms with Gasteiger partial charge in [0.05, 0.1) is 22.7 Å². The van der Waals surface area contributed by atoms with Crippen LogP contribution < -0.4 is 10.6 Å². The molecule has 0 unspecified atom stereocenters. The van der Waals surface area contributed by atoms with Crippen LogP contribution in [0, 0.1) is 10.1 Å². The summed E-state index contributed by atoms with van der Waals surface area (Å²) in [5.74, 6) is -2.79. The van der Waals surface area contributed by atoms with Crippen molar-refractivity contribution in [3.05, 3.63) is 69.3 Å². The van der Waals surface area contributed by atoms with Gasteiger partial charge in [0.1, 0.15) is 0 Å². The third kappa shape index (κ3) is 6.60. The third-order valence-corrected chi connectivity index (χ3v) is 4.53. The van der Waals surface area contributed by atoms with E-state index in [4.69, 9.17) is 9.47 Å². The molecule has 3 rings (SSSR count). The van der Waals surface area contributed by atoms with Gasteiger partial charge in [0.15, 0.2) is 6.61 Å². The lowest BCUT2D eigenvalue weighted by molar-refractivity contribution is -0.384. The van der Waals surface area contributed by atoms with Gasteiger partial charge in [0.2, 0.25) is 0 Å². The number of nitro groups is 1. The molecule has 0 heterocycles. The van der Waals surface area contributed by atoms with E-state index in [1.807, 2.05) is 0 Å². The van der Waals surface area contributed by atoms with Crippen molar-refractivity contribution in [3.63, 3.8) is 0 Å². The number of benzene rings is 2. The number of nitrogens with one attached hydrogen (secondary N) is 2. The van der Waals surface area contributed by atoms with Crippen molar-refractivity contribution in [2.75, 3.05) is 18.5 Å². The van der Waals surface area contributed by atoms with Crippen molar-refractivity contribution >= 4 is 35.1 Å². The first-order valence-electron chi connectivity index (χ1n) is 10.1. The van der Waals surface area contributed by atoms with E-state index in [2.05, 4.69) is 10.6 Å². The highest BCUT2D eigenvalue weighted by Crippen LogP contribution is 2.21. The molecule has 2 aromatic rings. The smallest absolute Gasteiger partial charge is 0.338 e. The Bertz CT molecular complexity index is 1110. The van der Waals surface area contributed by atoms with E-state index >= 15 is 0 Å². The molecule has 11 heteroatoms. The first kappa shape index (κ1) is 23.4. The van der Waals surface area contributed by atoms with Gasteiger partial charge in [-0.15, -0.1) is 0 Å². The quantitative estimate of drug-likeness (QED) is 0.332. The van der Waals surface area contributed by atoms with E-state index in [1.54, 1.807) is 25.1 Å². The lowest BCUT2D eigenvalue weighted by atomic mass is 10.1. The number of carbonyl (C=O) groups is 4. The Morgan fingerprint density at radius 3 is 2.27 bits per heavy atom. The normalized spacial score (nSPS) is 12.4. The predicted octanol–water partition coefficient (Wildman–Crippen LogP) is 2.46. The molecule has 0 radical (unpaired) electrons. The molecular formula is C22H21N3O8. The second-order valence-electron chi connectivity index (χ2n) is 7.20. The summed E-state index contributed by atoms with van der Waals surface area (Å²) in [6.45, 7) is 0.929. The van der Waals surface area contributed by atoms with Gasteiger partial charge in [-0.25, -0.2) is 9.59 Å². The van der Waals surface area contributed by atoms with Crippen molar-refractivity contribution < 1.29 is 33.6 Å².